The Bertz CT molecular complexity index is 612. The third kappa shape index (κ3) is 3.32. The van der Waals surface area contributed by atoms with Crippen molar-refractivity contribution >= 4 is 11.7 Å². The topological polar surface area (TPSA) is 51.2 Å². The highest BCUT2D eigenvalue weighted by Crippen LogP contribution is 2.14. The van der Waals surface area contributed by atoms with Gasteiger partial charge in [0.1, 0.15) is 5.82 Å². The van der Waals surface area contributed by atoms with Crippen LogP contribution in [-0.2, 0) is 11.3 Å². The van der Waals surface area contributed by atoms with Crippen LogP contribution in [0, 0.1) is 12.7 Å². The van der Waals surface area contributed by atoms with Crippen LogP contribution in [0.25, 0.3) is 0 Å². The Kier molecular flexibility index (Phi) is 4.30. The average molecular weight is 274 g/mol. The molecule has 0 aliphatic carbocycles. The number of anilines is 1. The third-order valence-electron chi connectivity index (χ3n) is 2.88. The van der Waals surface area contributed by atoms with E-state index in [4.69, 9.17) is 0 Å². The standard InChI is InChI=1S/C15H15FN2O2/c1-10-7-12(5-6-14(10)16)18-9-13-4-3-11(8-17-13)15(19)20-2/h3-8,18H,9H2,1-2H3. The van der Waals surface area contributed by atoms with Gasteiger partial charge in [0.25, 0.3) is 0 Å². The first-order valence-corrected chi connectivity index (χ1v) is 6.13. The lowest BCUT2D eigenvalue weighted by atomic mass is 10.2. The van der Waals surface area contributed by atoms with E-state index >= 15 is 0 Å². The summed E-state index contributed by atoms with van der Waals surface area (Å²) in [5, 5.41) is 3.15. The molecule has 2 aromatic rings. The van der Waals surface area contributed by atoms with E-state index in [-0.39, 0.29) is 5.82 Å². The number of ether oxygens (including phenoxy) is 1. The zero-order chi connectivity index (χ0) is 14.5. The van der Waals surface area contributed by atoms with Gasteiger partial charge in [0.15, 0.2) is 0 Å². The normalized spacial score (nSPS) is 10.2. The highest BCUT2D eigenvalue weighted by molar-refractivity contribution is 5.88. The predicted octanol–water partition coefficient (Wildman–Crippen LogP) is 2.93. The van der Waals surface area contributed by atoms with Crippen LogP contribution < -0.4 is 5.32 Å². The van der Waals surface area contributed by atoms with E-state index in [9.17, 15) is 9.18 Å². The van der Waals surface area contributed by atoms with Gasteiger partial charge in [0.2, 0.25) is 0 Å². The number of nitrogens with zero attached hydrogens (tertiary/aromatic N) is 1. The van der Waals surface area contributed by atoms with Gasteiger partial charge in [0, 0.05) is 11.9 Å². The minimum atomic E-state index is -0.411. The molecule has 0 unspecified atom stereocenters. The summed E-state index contributed by atoms with van der Waals surface area (Å²) in [6, 6.07) is 8.23. The minimum Gasteiger partial charge on any atom is -0.465 e. The molecule has 0 saturated carbocycles. The number of rotatable bonds is 4. The summed E-state index contributed by atoms with van der Waals surface area (Å²) in [5.41, 5.74) is 2.60. The number of benzene rings is 1. The van der Waals surface area contributed by atoms with Gasteiger partial charge in [-0.2, -0.15) is 0 Å². The van der Waals surface area contributed by atoms with Gasteiger partial charge >= 0.3 is 5.97 Å². The summed E-state index contributed by atoms with van der Waals surface area (Å²) < 4.78 is 17.7. The third-order valence-corrected chi connectivity index (χ3v) is 2.88. The molecule has 0 amide bonds. The molecular weight excluding hydrogens is 259 g/mol. The summed E-state index contributed by atoms with van der Waals surface area (Å²) in [6.07, 6.45) is 1.47. The number of hydrogen-bond acceptors (Lipinski definition) is 4. The van der Waals surface area contributed by atoms with Crippen LogP contribution >= 0.6 is 0 Å². The lowest BCUT2D eigenvalue weighted by Crippen LogP contribution is -2.05. The molecule has 0 spiro atoms. The number of hydrogen-bond donors (Lipinski definition) is 1. The lowest BCUT2D eigenvalue weighted by Gasteiger charge is -2.07. The number of carbonyl (C=O) groups excluding carboxylic acids is 1. The molecular formula is C15H15FN2O2. The molecule has 0 fully saturated rings. The molecule has 5 heteroatoms. The molecule has 0 aliphatic heterocycles. The molecule has 1 heterocycles. The molecule has 104 valence electrons. The molecule has 0 atom stereocenters. The molecule has 0 bridgehead atoms. The first-order chi connectivity index (χ1) is 9.60. The molecule has 1 N–H and O–H groups in total. The van der Waals surface area contributed by atoms with Crippen molar-refractivity contribution < 1.29 is 13.9 Å². The summed E-state index contributed by atoms with van der Waals surface area (Å²) in [5.74, 6) is -0.637. The SMILES string of the molecule is COC(=O)c1ccc(CNc2ccc(F)c(C)c2)nc1. The average Bonchev–Trinajstić information content (AvgIpc) is 2.48. The second-order valence-corrected chi connectivity index (χ2v) is 4.35. The Balaban J connectivity index is 2.00. The van der Waals surface area contributed by atoms with Gasteiger partial charge in [0.05, 0.1) is 24.9 Å². The van der Waals surface area contributed by atoms with Crippen LogP contribution in [-0.4, -0.2) is 18.1 Å². The predicted molar refractivity (Wildman–Crippen MR) is 74.0 cm³/mol. The first kappa shape index (κ1) is 14.0. The van der Waals surface area contributed by atoms with Crippen molar-refractivity contribution in [3.8, 4) is 0 Å². The van der Waals surface area contributed by atoms with Crippen LogP contribution in [0.5, 0.6) is 0 Å². The molecule has 0 aliphatic rings. The van der Waals surface area contributed by atoms with Gasteiger partial charge < -0.3 is 10.1 Å². The Hall–Kier alpha value is -2.43. The number of carbonyl (C=O) groups is 1. The van der Waals surface area contributed by atoms with Crippen LogP contribution in [0.2, 0.25) is 0 Å². The highest BCUT2D eigenvalue weighted by Gasteiger charge is 2.05. The van der Waals surface area contributed by atoms with Gasteiger partial charge in [-0.3, -0.25) is 4.98 Å². The van der Waals surface area contributed by atoms with Crippen LogP contribution in [0.3, 0.4) is 0 Å². The monoisotopic (exact) mass is 274 g/mol. The zero-order valence-electron chi connectivity index (χ0n) is 11.3. The van der Waals surface area contributed by atoms with Gasteiger partial charge in [-0.1, -0.05) is 0 Å². The number of pyridine rings is 1. The fourth-order valence-corrected chi connectivity index (χ4v) is 1.71. The molecule has 2 rings (SSSR count). The Morgan fingerprint density at radius 1 is 1.35 bits per heavy atom. The molecule has 0 saturated heterocycles. The second kappa shape index (κ2) is 6.14. The summed E-state index contributed by atoms with van der Waals surface area (Å²) >= 11 is 0. The van der Waals surface area contributed by atoms with Crippen molar-refractivity contribution in [2.24, 2.45) is 0 Å². The van der Waals surface area contributed by atoms with Crippen molar-refractivity contribution in [3.63, 3.8) is 0 Å². The minimum absolute atomic E-state index is 0.226. The van der Waals surface area contributed by atoms with Crippen molar-refractivity contribution in [1.82, 2.24) is 4.98 Å². The number of esters is 1. The highest BCUT2D eigenvalue weighted by atomic mass is 19.1. The van der Waals surface area contributed by atoms with E-state index in [2.05, 4.69) is 15.0 Å². The Morgan fingerprint density at radius 3 is 2.75 bits per heavy atom. The van der Waals surface area contributed by atoms with Gasteiger partial charge in [-0.05, 0) is 42.8 Å². The van der Waals surface area contributed by atoms with E-state index in [0.717, 1.165) is 11.4 Å². The van der Waals surface area contributed by atoms with E-state index < -0.39 is 5.97 Å². The second-order valence-electron chi connectivity index (χ2n) is 4.35. The van der Waals surface area contributed by atoms with Crippen molar-refractivity contribution in [3.05, 3.63) is 59.2 Å². The van der Waals surface area contributed by atoms with Crippen molar-refractivity contribution in [1.29, 1.82) is 0 Å². The summed E-state index contributed by atoms with van der Waals surface area (Å²) in [4.78, 5) is 15.4. The van der Waals surface area contributed by atoms with Crippen LogP contribution in [0.1, 0.15) is 21.6 Å². The maximum Gasteiger partial charge on any atom is 0.339 e. The fraction of sp³-hybridized carbons (Fsp3) is 0.200. The van der Waals surface area contributed by atoms with Crippen molar-refractivity contribution in [2.45, 2.75) is 13.5 Å². The van der Waals surface area contributed by atoms with E-state index in [1.165, 1.54) is 19.4 Å². The number of nitrogens with one attached hydrogen (secondary N) is 1. The van der Waals surface area contributed by atoms with Crippen molar-refractivity contribution in [2.75, 3.05) is 12.4 Å². The number of methoxy groups -OCH3 is 1. The molecule has 1 aromatic carbocycles. The Morgan fingerprint density at radius 2 is 2.15 bits per heavy atom. The van der Waals surface area contributed by atoms with Gasteiger partial charge in [-0.15, -0.1) is 0 Å². The fourth-order valence-electron chi connectivity index (χ4n) is 1.71. The van der Waals surface area contributed by atoms with Crippen LogP contribution in [0.15, 0.2) is 36.5 Å². The quantitative estimate of drug-likeness (QED) is 0.871. The molecule has 0 radical (unpaired) electrons. The number of aryl methyl sites for hydroxylation is 1. The maximum atomic E-state index is 13.1. The first-order valence-electron chi connectivity index (χ1n) is 6.13. The smallest absolute Gasteiger partial charge is 0.339 e. The molecule has 1 aromatic heterocycles. The summed E-state index contributed by atoms with van der Waals surface area (Å²) in [6.45, 7) is 2.20. The largest absolute Gasteiger partial charge is 0.465 e. The maximum absolute atomic E-state index is 13.1. The van der Waals surface area contributed by atoms with E-state index in [1.807, 2.05) is 0 Å². The lowest BCUT2D eigenvalue weighted by molar-refractivity contribution is 0.0600. The number of aromatic nitrogens is 1. The zero-order valence-corrected chi connectivity index (χ0v) is 11.3. The summed E-state index contributed by atoms with van der Waals surface area (Å²) in [7, 11) is 1.33. The Labute approximate surface area is 116 Å². The molecule has 4 nitrogen and oxygen atoms in total. The van der Waals surface area contributed by atoms with Crippen LogP contribution in [0.4, 0.5) is 10.1 Å². The molecule has 20 heavy (non-hydrogen) atoms. The van der Waals surface area contributed by atoms with E-state index in [0.29, 0.717) is 17.7 Å². The number of halogens is 1. The van der Waals surface area contributed by atoms with Gasteiger partial charge in [-0.25, -0.2) is 9.18 Å². The van der Waals surface area contributed by atoms with E-state index in [1.54, 1.807) is 31.2 Å².